The Hall–Kier alpha value is -1.81. The van der Waals surface area contributed by atoms with Crippen LogP contribution in [-0.2, 0) is 11.3 Å². The Morgan fingerprint density at radius 3 is 2.41 bits per heavy atom. The highest BCUT2D eigenvalue weighted by Crippen LogP contribution is 2.26. The minimum absolute atomic E-state index is 0.131. The molecule has 2 rings (SSSR count). The molecule has 1 N–H and O–H groups in total. The maximum atomic E-state index is 12.1. The molecule has 22 heavy (non-hydrogen) atoms. The molecule has 0 saturated heterocycles. The summed E-state index contributed by atoms with van der Waals surface area (Å²) in [7, 11) is 0. The summed E-state index contributed by atoms with van der Waals surface area (Å²) in [5.74, 6) is 0.539. The molecule has 0 aliphatic rings. The molecule has 2 aromatic carbocycles. The number of hydrogen-bond acceptors (Lipinski definition) is 2. The van der Waals surface area contributed by atoms with Gasteiger partial charge in [0, 0.05) is 6.54 Å². The third-order valence-electron chi connectivity index (χ3n) is 3.35. The first-order valence-electron chi connectivity index (χ1n) is 7.22. The molecule has 0 heterocycles. The molecular formula is C18H20BrNO2. The zero-order valence-electron chi connectivity index (χ0n) is 13.0. The fourth-order valence-electron chi connectivity index (χ4n) is 1.98. The number of halogens is 1. The molecule has 1 atom stereocenters. The van der Waals surface area contributed by atoms with Gasteiger partial charge >= 0.3 is 0 Å². The van der Waals surface area contributed by atoms with E-state index in [-0.39, 0.29) is 5.91 Å². The first-order chi connectivity index (χ1) is 10.5. The molecule has 0 saturated carbocycles. The van der Waals surface area contributed by atoms with Crippen molar-refractivity contribution < 1.29 is 9.53 Å². The number of hydrogen-bond donors (Lipinski definition) is 1. The zero-order valence-corrected chi connectivity index (χ0v) is 14.6. The number of benzene rings is 2. The summed E-state index contributed by atoms with van der Waals surface area (Å²) < 4.78 is 6.56. The van der Waals surface area contributed by atoms with Crippen LogP contribution in [-0.4, -0.2) is 12.0 Å². The van der Waals surface area contributed by atoms with Crippen molar-refractivity contribution in [1.29, 1.82) is 0 Å². The SMILES string of the molecule is Cc1ccc(CNC(=O)C(C)Oc2ccc(C)cc2Br)cc1. The molecule has 116 valence electrons. The van der Waals surface area contributed by atoms with Gasteiger partial charge in [-0.3, -0.25) is 4.79 Å². The van der Waals surface area contributed by atoms with Gasteiger partial charge in [-0.15, -0.1) is 0 Å². The molecular weight excluding hydrogens is 342 g/mol. The Balaban J connectivity index is 1.90. The molecule has 1 unspecified atom stereocenters. The predicted octanol–water partition coefficient (Wildman–Crippen LogP) is 4.15. The maximum absolute atomic E-state index is 12.1. The van der Waals surface area contributed by atoms with Gasteiger partial charge in [0.15, 0.2) is 6.10 Å². The van der Waals surface area contributed by atoms with Gasteiger partial charge in [-0.1, -0.05) is 35.9 Å². The Kier molecular flexibility index (Phi) is 5.61. The van der Waals surface area contributed by atoms with Crippen LogP contribution >= 0.6 is 15.9 Å². The van der Waals surface area contributed by atoms with Gasteiger partial charge < -0.3 is 10.1 Å². The van der Waals surface area contributed by atoms with Crippen LogP contribution in [0.4, 0.5) is 0 Å². The first kappa shape index (κ1) is 16.6. The summed E-state index contributed by atoms with van der Waals surface area (Å²) in [6.45, 7) is 6.29. The van der Waals surface area contributed by atoms with Gasteiger partial charge in [0.05, 0.1) is 4.47 Å². The lowest BCUT2D eigenvalue weighted by molar-refractivity contribution is -0.127. The lowest BCUT2D eigenvalue weighted by atomic mass is 10.1. The smallest absolute Gasteiger partial charge is 0.261 e. The van der Waals surface area contributed by atoms with Crippen molar-refractivity contribution in [3.63, 3.8) is 0 Å². The quantitative estimate of drug-likeness (QED) is 0.868. The van der Waals surface area contributed by atoms with Crippen molar-refractivity contribution >= 4 is 21.8 Å². The highest BCUT2D eigenvalue weighted by Gasteiger charge is 2.15. The average molecular weight is 362 g/mol. The van der Waals surface area contributed by atoms with Crippen LogP contribution in [0, 0.1) is 13.8 Å². The lowest BCUT2D eigenvalue weighted by Gasteiger charge is -2.16. The van der Waals surface area contributed by atoms with Crippen LogP contribution in [0.15, 0.2) is 46.9 Å². The van der Waals surface area contributed by atoms with Crippen LogP contribution in [0.25, 0.3) is 0 Å². The second-order valence-corrected chi connectivity index (χ2v) is 6.25. The first-order valence-corrected chi connectivity index (χ1v) is 8.01. The second kappa shape index (κ2) is 7.45. The summed E-state index contributed by atoms with van der Waals surface area (Å²) in [6.07, 6.45) is -0.551. The van der Waals surface area contributed by atoms with Gasteiger partial charge in [0.25, 0.3) is 5.91 Å². The van der Waals surface area contributed by atoms with Gasteiger partial charge in [0.1, 0.15) is 5.75 Å². The standard InChI is InChI=1S/C18H20BrNO2/c1-12-4-7-15(8-5-12)11-20-18(21)14(3)22-17-9-6-13(2)10-16(17)19/h4-10,14H,11H2,1-3H3,(H,20,21). The van der Waals surface area contributed by atoms with E-state index in [1.807, 2.05) is 56.3 Å². The van der Waals surface area contributed by atoms with E-state index in [0.717, 1.165) is 15.6 Å². The summed E-state index contributed by atoms with van der Waals surface area (Å²) >= 11 is 3.45. The number of rotatable bonds is 5. The number of amides is 1. The second-order valence-electron chi connectivity index (χ2n) is 5.40. The average Bonchev–Trinajstić information content (AvgIpc) is 2.49. The van der Waals surface area contributed by atoms with Crippen molar-refractivity contribution in [1.82, 2.24) is 5.32 Å². The molecule has 0 fully saturated rings. The fourth-order valence-corrected chi connectivity index (χ4v) is 2.57. The number of carbonyl (C=O) groups is 1. The van der Waals surface area contributed by atoms with Gasteiger partial charge in [0.2, 0.25) is 0 Å². The monoisotopic (exact) mass is 361 g/mol. The fraction of sp³-hybridized carbons (Fsp3) is 0.278. The molecule has 0 radical (unpaired) electrons. The van der Waals surface area contributed by atoms with E-state index in [0.29, 0.717) is 12.3 Å². The minimum atomic E-state index is -0.551. The predicted molar refractivity (Wildman–Crippen MR) is 92.0 cm³/mol. The van der Waals surface area contributed by atoms with E-state index in [1.54, 1.807) is 6.92 Å². The van der Waals surface area contributed by atoms with Crippen LogP contribution in [0.2, 0.25) is 0 Å². The molecule has 0 bridgehead atoms. The van der Waals surface area contributed by atoms with Gasteiger partial charge in [-0.05, 0) is 60.0 Å². The normalized spacial score (nSPS) is 11.8. The van der Waals surface area contributed by atoms with Crippen molar-refractivity contribution in [2.24, 2.45) is 0 Å². The van der Waals surface area contributed by atoms with Crippen LogP contribution in [0.1, 0.15) is 23.6 Å². The summed E-state index contributed by atoms with van der Waals surface area (Å²) in [5, 5.41) is 2.89. The van der Waals surface area contributed by atoms with Crippen LogP contribution in [0.5, 0.6) is 5.75 Å². The number of carbonyl (C=O) groups excluding carboxylic acids is 1. The van der Waals surface area contributed by atoms with E-state index in [1.165, 1.54) is 5.56 Å². The van der Waals surface area contributed by atoms with E-state index < -0.39 is 6.10 Å². The third kappa shape index (κ3) is 4.60. The molecule has 0 aliphatic carbocycles. The van der Waals surface area contributed by atoms with Crippen molar-refractivity contribution in [2.45, 2.75) is 33.4 Å². The Morgan fingerprint density at radius 2 is 1.77 bits per heavy atom. The van der Waals surface area contributed by atoms with Crippen molar-refractivity contribution in [3.8, 4) is 5.75 Å². The minimum Gasteiger partial charge on any atom is -0.480 e. The van der Waals surface area contributed by atoms with Crippen LogP contribution < -0.4 is 10.1 Å². The molecule has 4 heteroatoms. The van der Waals surface area contributed by atoms with E-state index >= 15 is 0 Å². The highest BCUT2D eigenvalue weighted by molar-refractivity contribution is 9.10. The van der Waals surface area contributed by atoms with Gasteiger partial charge in [-0.25, -0.2) is 0 Å². The maximum Gasteiger partial charge on any atom is 0.261 e. The van der Waals surface area contributed by atoms with E-state index in [9.17, 15) is 4.79 Å². The number of aryl methyl sites for hydroxylation is 2. The topological polar surface area (TPSA) is 38.3 Å². The van der Waals surface area contributed by atoms with Gasteiger partial charge in [-0.2, -0.15) is 0 Å². The summed E-state index contributed by atoms with van der Waals surface area (Å²) in [6, 6.07) is 13.9. The molecule has 1 amide bonds. The third-order valence-corrected chi connectivity index (χ3v) is 3.97. The van der Waals surface area contributed by atoms with Crippen LogP contribution in [0.3, 0.4) is 0 Å². The largest absolute Gasteiger partial charge is 0.480 e. The van der Waals surface area contributed by atoms with Crippen molar-refractivity contribution in [2.75, 3.05) is 0 Å². The number of ether oxygens (including phenoxy) is 1. The van der Waals surface area contributed by atoms with E-state index in [2.05, 4.69) is 21.2 Å². The molecule has 0 aromatic heterocycles. The van der Waals surface area contributed by atoms with Crippen molar-refractivity contribution in [3.05, 3.63) is 63.6 Å². The molecule has 2 aromatic rings. The highest BCUT2D eigenvalue weighted by atomic mass is 79.9. The van der Waals surface area contributed by atoms with E-state index in [4.69, 9.17) is 4.74 Å². The summed E-state index contributed by atoms with van der Waals surface area (Å²) in [4.78, 5) is 12.1. The number of nitrogens with one attached hydrogen (secondary N) is 1. The Bertz CT molecular complexity index is 653. The Labute approximate surface area is 139 Å². The zero-order chi connectivity index (χ0) is 16.1. The molecule has 0 spiro atoms. The Morgan fingerprint density at radius 1 is 1.14 bits per heavy atom. The molecule has 3 nitrogen and oxygen atoms in total. The molecule has 0 aliphatic heterocycles. The summed E-state index contributed by atoms with van der Waals surface area (Å²) in [5.41, 5.74) is 3.41. The lowest BCUT2D eigenvalue weighted by Crippen LogP contribution is -2.35.